The number of aromatic amines is 1. The van der Waals surface area contributed by atoms with Crippen LogP contribution in [0, 0.1) is 0 Å². The summed E-state index contributed by atoms with van der Waals surface area (Å²) in [5.41, 5.74) is 7.43. The molecule has 2 heterocycles. The molecule has 3 rings (SSSR count). The summed E-state index contributed by atoms with van der Waals surface area (Å²) in [5.74, 6) is 0.834. The van der Waals surface area contributed by atoms with Crippen LogP contribution in [0.1, 0.15) is 0 Å². The van der Waals surface area contributed by atoms with Gasteiger partial charge in [0, 0.05) is 37.3 Å². The Morgan fingerprint density at radius 2 is 1.95 bits per heavy atom. The second-order valence-electron chi connectivity index (χ2n) is 5.00. The van der Waals surface area contributed by atoms with E-state index < -0.39 is 10.0 Å². The van der Waals surface area contributed by atoms with Gasteiger partial charge in [0.25, 0.3) is 0 Å². The zero-order valence-electron chi connectivity index (χ0n) is 11.2. The van der Waals surface area contributed by atoms with Gasteiger partial charge in [0.05, 0.1) is 11.8 Å². The molecule has 108 valence electrons. The van der Waals surface area contributed by atoms with Crippen LogP contribution in [-0.2, 0) is 10.0 Å². The van der Waals surface area contributed by atoms with Gasteiger partial charge in [-0.2, -0.15) is 9.40 Å². The van der Waals surface area contributed by atoms with Crippen molar-refractivity contribution in [3.63, 3.8) is 0 Å². The fraction of sp³-hybridized carbons (Fsp3) is 0.417. The van der Waals surface area contributed by atoms with Gasteiger partial charge in [-0.15, -0.1) is 0 Å². The number of benzene rings is 1. The number of rotatable bonds is 2. The summed E-state index contributed by atoms with van der Waals surface area (Å²) in [6.07, 6.45) is 1.24. The molecule has 1 aromatic heterocycles. The Morgan fingerprint density at radius 3 is 2.60 bits per heavy atom. The lowest BCUT2D eigenvalue weighted by Crippen LogP contribution is -2.48. The van der Waals surface area contributed by atoms with Crippen molar-refractivity contribution in [3.05, 3.63) is 18.2 Å². The molecule has 0 bridgehead atoms. The van der Waals surface area contributed by atoms with Crippen molar-refractivity contribution < 1.29 is 8.42 Å². The molecule has 0 atom stereocenters. The molecule has 0 saturated carbocycles. The number of sulfonamides is 1. The highest BCUT2D eigenvalue weighted by atomic mass is 32.2. The third-order valence-corrected chi connectivity index (χ3v) is 4.88. The lowest BCUT2D eigenvalue weighted by Gasteiger charge is -2.33. The first-order valence-corrected chi connectivity index (χ1v) is 8.23. The zero-order valence-corrected chi connectivity index (χ0v) is 12.0. The fourth-order valence-electron chi connectivity index (χ4n) is 2.49. The van der Waals surface area contributed by atoms with E-state index in [-0.39, 0.29) is 0 Å². The van der Waals surface area contributed by atoms with Gasteiger partial charge in [-0.25, -0.2) is 8.42 Å². The summed E-state index contributed by atoms with van der Waals surface area (Å²) in [4.78, 5) is 2.08. The van der Waals surface area contributed by atoms with E-state index in [0.29, 0.717) is 31.9 Å². The van der Waals surface area contributed by atoms with Crippen LogP contribution in [0.15, 0.2) is 18.2 Å². The highest BCUT2D eigenvalue weighted by Gasteiger charge is 2.25. The molecule has 7 nitrogen and oxygen atoms in total. The third-order valence-electron chi connectivity index (χ3n) is 3.57. The van der Waals surface area contributed by atoms with E-state index in [2.05, 4.69) is 15.1 Å². The van der Waals surface area contributed by atoms with Gasteiger partial charge in [-0.3, -0.25) is 5.10 Å². The number of anilines is 2. The van der Waals surface area contributed by atoms with Crippen molar-refractivity contribution in [1.82, 2.24) is 14.5 Å². The summed E-state index contributed by atoms with van der Waals surface area (Å²) in [6, 6.07) is 5.61. The maximum Gasteiger partial charge on any atom is 0.211 e. The van der Waals surface area contributed by atoms with Crippen LogP contribution in [-0.4, -0.2) is 55.4 Å². The number of piperazine rings is 1. The summed E-state index contributed by atoms with van der Waals surface area (Å²) >= 11 is 0. The first kappa shape index (κ1) is 13.2. The number of nitrogens with zero attached hydrogens (tertiary/aromatic N) is 3. The van der Waals surface area contributed by atoms with Gasteiger partial charge < -0.3 is 10.6 Å². The third kappa shape index (κ3) is 2.32. The van der Waals surface area contributed by atoms with E-state index in [9.17, 15) is 8.42 Å². The average Bonchev–Trinajstić information content (AvgIpc) is 2.81. The van der Waals surface area contributed by atoms with Crippen molar-refractivity contribution in [2.24, 2.45) is 0 Å². The van der Waals surface area contributed by atoms with E-state index in [1.165, 1.54) is 10.6 Å². The molecule has 0 radical (unpaired) electrons. The highest BCUT2D eigenvalue weighted by molar-refractivity contribution is 7.88. The Bertz CT molecular complexity index is 731. The topological polar surface area (TPSA) is 95.3 Å². The van der Waals surface area contributed by atoms with E-state index >= 15 is 0 Å². The Kier molecular flexibility index (Phi) is 3.06. The molecule has 1 aliphatic heterocycles. The van der Waals surface area contributed by atoms with Crippen LogP contribution < -0.4 is 10.6 Å². The van der Waals surface area contributed by atoms with Crippen LogP contribution in [0.25, 0.3) is 10.9 Å². The molecule has 1 aliphatic rings. The second-order valence-corrected chi connectivity index (χ2v) is 6.98. The van der Waals surface area contributed by atoms with Gasteiger partial charge in [0.1, 0.15) is 0 Å². The van der Waals surface area contributed by atoms with Crippen LogP contribution in [0.4, 0.5) is 11.5 Å². The minimum absolute atomic E-state index is 0.482. The smallest absolute Gasteiger partial charge is 0.211 e. The Morgan fingerprint density at radius 1 is 1.25 bits per heavy atom. The van der Waals surface area contributed by atoms with E-state index in [0.717, 1.165) is 16.7 Å². The molecule has 1 aromatic carbocycles. The number of H-pyrrole nitrogens is 1. The Hall–Kier alpha value is -1.80. The standard InChI is InChI=1S/C12H17N5O2S/c1-20(18,19)17-6-4-16(5-7-17)12-10-8-9(13)2-3-11(10)14-15-12/h2-3,8H,4-7,13H2,1H3,(H,14,15). The molecule has 8 heteroatoms. The molecule has 0 aliphatic carbocycles. The van der Waals surface area contributed by atoms with Crippen molar-refractivity contribution in [3.8, 4) is 0 Å². The van der Waals surface area contributed by atoms with Gasteiger partial charge >= 0.3 is 0 Å². The van der Waals surface area contributed by atoms with E-state index in [1.54, 1.807) is 0 Å². The minimum atomic E-state index is -3.11. The Labute approximate surface area is 117 Å². The average molecular weight is 295 g/mol. The van der Waals surface area contributed by atoms with Gasteiger partial charge in [-0.05, 0) is 18.2 Å². The number of hydrogen-bond donors (Lipinski definition) is 2. The van der Waals surface area contributed by atoms with Crippen LogP contribution >= 0.6 is 0 Å². The second kappa shape index (κ2) is 4.64. The molecule has 0 unspecified atom stereocenters. The summed E-state index contributed by atoms with van der Waals surface area (Å²) < 4.78 is 24.5. The summed E-state index contributed by atoms with van der Waals surface area (Å²) in [7, 11) is -3.11. The van der Waals surface area contributed by atoms with Crippen LogP contribution in [0.5, 0.6) is 0 Å². The zero-order chi connectivity index (χ0) is 14.3. The number of aromatic nitrogens is 2. The number of fused-ring (bicyclic) bond motifs is 1. The molecule has 3 N–H and O–H groups in total. The monoisotopic (exact) mass is 295 g/mol. The highest BCUT2D eigenvalue weighted by Crippen LogP contribution is 2.26. The molecular weight excluding hydrogens is 278 g/mol. The normalized spacial score (nSPS) is 17.8. The van der Waals surface area contributed by atoms with Crippen molar-refractivity contribution in [2.75, 3.05) is 43.1 Å². The maximum absolute atomic E-state index is 11.5. The molecule has 1 saturated heterocycles. The minimum Gasteiger partial charge on any atom is -0.399 e. The lowest BCUT2D eigenvalue weighted by atomic mass is 10.2. The lowest BCUT2D eigenvalue weighted by molar-refractivity contribution is 0.387. The molecule has 2 aromatic rings. The molecule has 0 spiro atoms. The SMILES string of the molecule is CS(=O)(=O)N1CCN(c2n[nH]c3ccc(N)cc23)CC1. The summed E-state index contributed by atoms with van der Waals surface area (Å²) in [6.45, 7) is 2.22. The molecule has 1 fully saturated rings. The molecule has 20 heavy (non-hydrogen) atoms. The fourth-order valence-corrected chi connectivity index (χ4v) is 3.32. The predicted molar refractivity (Wildman–Crippen MR) is 79.1 cm³/mol. The van der Waals surface area contributed by atoms with Crippen LogP contribution in [0.2, 0.25) is 0 Å². The van der Waals surface area contributed by atoms with E-state index in [4.69, 9.17) is 5.73 Å². The largest absolute Gasteiger partial charge is 0.399 e. The Balaban J connectivity index is 1.85. The first-order chi connectivity index (χ1) is 9.45. The number of nitrogens with two attached hydrogens (primary N) is 1. The summed E-state index contributed by atoms with van der Waals surface area (Å²) in [5, 5.41) is 8.27. The van der Waals surface area contributed by atoms with Crippen LogP contribution in [0.3, 0.4) is 0 Å². The van der Waals surface area contributed by atoms with E-state index in [1.807, 2.05) is 18.2 Å². The maximum atomic E-state index is 11.5. The van der Waals surface area contributed by atoms with Crippen molar-refractivity contribution >= 4 is 32.4 Å². The molecular formula is C12H17N5O2S. The van der Waals surface area contributed by atoms with Gasteiger partial charge in [0.15, 0.2) is 5.82 Å². The number of hydrogen-bond acceptors (Lipinski definition) is 5. The van der Waals surface area contributed by atoms with Gasteiger partial charge in [-0.1, -0.05) is 0 Å². The predicted octanol–water partition coefficient (Wildman–Crippen LogP) is 0.227. The van der Waals surface area contributed by atoms with Crippen molar-refractivity contribution in [2.45, 2.75) is 0 Å². The number of nitrogen functional groups attached to an aromatic ring is 1. The van der Waals surface area contributed by atoms with Crippen molar-refractivity contribution in [1.29, 1.82) is 0 Å². The molecule has 0 amide bonds. The quantitative estimate of drug-likeness (QED) is 0.773. The first-order valence-electron chi connectivity index (χ1n) is 6.39. The number of nitrogens with one attached hydrogen (secondary N) is 1. The van der Waals surface area contributed by atoms with Gasteiger partial charge in [0.2, 0.25) is 10.0 Å².